The summed E-state index contributed by atoms with van der Waals surface area (Å²) in [4.78, 5) is 24.0. The van der Waals surface area contributed by atoms with Crippen molar-refractivity contribution in [2.75, 3.05) is 36.5 Å². The summed E-state index contributed by atoms with van der Waals surface area (Å²) >= 11 is 0. The molecule has 4 heterocycles. The molecule has 32 heavy (non-hydrogen) atoms. The summed E-state index contributed by atoms with van der Waals surface area (Å²) in [6, 6.07) is 10.8. The summed E-state index contributed by atoms with van der Waals surface area (Å²) in [5, 5.41) is 3.55. The average molecular weight is 428 g/mol. The molecule has 2 N–H and O–H groups in total. The van der Waals surface area contributed by atoms with Crippen LogP contribution in [0.3, 0.4) is 0 Å². The Morgan fingerprint density at radius 2 is 1.94 bits per heavy atom. The highest BCUT2D eigenvalue weighted by Gasteiger charge is 2.32. The Balaban J connectivity index is 1.27. The summed E-state index contributed by atoms with van der Waals surface area (Å²) in [5.74, 6) is 2.11. The highest BCUT2D eigenvalue weighted by Crippen LogP contribution is 2.36. The first kappa shape index (κ1) is 19.2. The van der Waals surface area contributed by atoms with Crippen LogP contribution in [0.15, 0.2) is 66.1 Å². The second-order valence-corrected chi connectivity index (χ2v) is 8.36. The Kier molecular flexibility index (Phi) is 4.92. The number of rotatable bonds is 4. The zero-order chi connectivity index (χ0) is 21.3. The van der Waals surface area contributed by atoms with Crippen molar-refractivity contribution in [1.82, 2.24) is 19.9 Å². The van der Waals surface area contributed by atoms with Gasteiger partial charge in [0.15, 0.2) is 11.5 Å². The van der Waals surface area contributed by atoms with Gasteiger partial charge in [0.25, 0.3) is 0 Å². The third kappa shape index (κ3) is 3.56. The van der Waals surface area contributed by atoms with E-state index >= 15 is 0 Å². The zero-order valence-electron chi connectivity index (χ0n) is 17.7. The number of imidazole rings is 1. The Hall–Kier alpha value is -3.52. The number of H-pyrrole nitrogens is 1. The van der Waals surface area contributed by atoms with E-state index in [0.717, 1.165) is 36.6 Å². The number of hydrogen-bond donors (Lipinski definition) is 2. The van der Waals surface area contributed by atoms with Crippen LogP contribution >= 0.6 is 0 Å². The van der Waals surface area contributed by atoms with Crippen molar-refractivity contribution in [2.24, 2.45) is 10.9 Å². The van der Waals surface area contributed by atoms with Crippen LogP contribution in [-0.2, 0) is 4.74 Å². The maximum Gasteiger partial charge on any atom is 0.227 e. The minimum Gasteiger partial charge on any atom is -0.378 e. The predicted octanol–water partition coefficient (Wildman–Crippen LogP) is 3.30. The van der Waals surface area contributed by atoms with Crippen LogP contribution in [0, 0.1) is 5.92 Å². The molecule has 1 aliphatic carbocycles. The molecule has 3 aliphatic rings. The molecular formula is C24H25N7O. The third-order valence-electron chi connectivity index (χ3n) is 6.41. The van der Waals surface area contributed by atoms with Gasteiger partial charge in [-0.15, -0.1) is 0 Å². The Labute approximate surface area is 186 Å². The van der Waals surface area contributed by atoms with Gasteiger partial charge >= 0.3 is 0 Å². The lowest BCUT2D eigenvalue weighted by Crippen LogP contribution is -2.37. The predicted molar refractivity (Wildman–Crippen MR) is 125 cm³/mol. The Morgan fingerprint density at radius 3 is 2.81 bits per heavy atom. The fraction of sp³-hybridized carbons (Fsp3) is 0.333. The van der Waals surface area contributed by atoms with Gasteiger partial charge in [-0.1, -0.05) is 42.5 Å². The number of benzene rings is 1. The molecule has 6 rings (SSSR count). The average Bonchev–Trinajstić information content (AvgIpc) is 3.33. The molecule has 8 heteroatoms. The number of hydrogen-bond acceptors (Lipinski definition) is 7. The zero-order valence-corrected chi connectivity index (χ0v) is 17.7. The maximum absolute atomic E-state index is 5.51. The van der Waals surface area contributed by atoms with Crippen molar-refractivity contribution in [3.63, 3.8) is 0 Å². The van der Waals surface area contributed by atoms with Crippen LogP contribution in [0.5, 0.6) is 0 Å². The molecular weight excluding hydrogens is 402 g/mol. The van der Waals surface area contributed by atoms with Crippen LogP contribution in [0.25, 0.3) is 11.2 Å². The number of ether oxygens (including phenoxy) is 1. The monoisotopic (exact) mass is 427 g/mol. The van der Waals surface area contributed by atoms with Gasteiger partial charge in [-0.2, -0.15) is 9.97 Å². The van der Waals surface area contributed by atoms with Gasteiger partial charge in [-0.25, -0.2) is 4.98 Å². The van der Waals surface area contributed by atoms with E-state index < -0.39 is 0 Å². The van der Waals surface area contributed by atoms with Crippen molar-refractivity contribution in [3.8, 4) is 0 Å². The standard InChI is InChI=1S/C24H25N7O/c1-2-4-16(5-3-1)18-8-9-25-20-7-6-17(14-19(18)20)28-24-29-22-21(26-15-27-22)23(30-24)31-10-12-32-13-11-31/h1-9,15,17-19H,10-14H2,(H2,26,27,28,29,30). The quantitative estimate of drug-likeness (QED) is 0.664. The van der Waals surface area contributed by atoms with Crippen LogP contribution in [-0.4, -0.2) is 58.0 Å². The Morgan fingerprint density at radius 1 is 1.06 bits per heavy atom. The normalized spacial score (nSPS) is 24.9. The number of aromatic nitrogens is 4. The molecule has 3 unspecified atom stereocenters. The van der Waals surface area contributed by atoms with E-state index in [9.17, 15) is 0 Å². The summed E-state index contributed by atoms with van der Waals surface area (Å²) in [6.45, 7) is 3.01. The third-order valence-corrected chi connectivity index (χ3v) is 6.41. The number of morpholine rings is 1. The first-order valence-corrected chi connectivity index (χ1v) is 11.1. The number of allylic oxidation sites excluding steroid dienone is 2. The van der Waals surface area contributed by atoms with E-state index in [-0.39, 0.29) is 6.04 Å². The molecule has 1 saturated heterocycles. The SMILES string of the molecule is C1=CC(c2ccccc2)C2CC(Nc3nc(N4CCOCC4)c4[nH]cnc4n3)C=CC2=N1. The van der Waals surface area contributed by atoms with Crippen LogP contribution in [0.1, 0.15) is 17.9 Å². The molecule has 2 aliphatic heterocycles. The van der Waals surface area contributed by atoms with Crippen LogP contribution < -0.4 is 10.2 Å². The molecule has 2 aromatic heterocycles. The first-order valence-electron chi connectivity index (χ1n) is 11.1. The number of nitrogens with zero attached hydrogens (tertiary/aromatic N) is 5. The lowest BCUT2D eigenvalue weighted by molar-refractivity contribution is 0.122. The highest BCUT2D eigenvalue weighted by molar-refractivity contribution is 5.99. The van der Waals surface area contributed by atoms with Crippen LogP contribution in [0.2, 0.25) is 0 Å². The minimum absolute atomic E-state index is 0.116. The molecule has 0 amide bonds. The van der Waals surface area contributed by atoms with Gasteiger partial charge in [-0.05, 0) is 18.1 Å². The molecule has 3 atom stereocenters. The first-order chi connectivity index (χ1) is 15.8. The fourth-order valence-corrected chi connectivity index (χ4v) is 4.81. The molecule has 162 valence electrons. The fourth-order valence-electron chi connectivity index (χ4n) is 4.81. The smallest absolute Gasteiger partial charge is 0.227 e. The molecule has 0 radical (unpaired) electrons. The van der Waals surface area contributed by atoms with Gasteiger partial charge in [0.05, 0.1) is 19.5 Å². The highest BCUT2D eigenvalue weighted by atomic mass is 16.5. The summed E-state index contributed by atoms with van der Waals surface area (Å²) in [5.41, 5.74) is 4.00. The lowest BCUT2D eigenvalue weighted by atomic mass is 9.75. The number of nitrogens with one attached hydrogen (secondary N) is 2. The van der Waals surface area contributed by atoms with Gasteiger partial charge in [0.1, 0.15) is 5.52 Å². The molecule has 0 spiro atoms. The molecule has 8 nitrogen and oxygen atoms in total. The molecule has 1 fully saturated rings. The summed E-state index contributed by atoms with van der Waals surface area (Å²) in [7, 11) is 0. The Bertz CT molecular complexity index is 1190. The molecule has 0 bridgehead atoms. The maximum atomic E-state index is 5.51. The molecule has 1 aromatic carbocycles. The van der Waals surface area contributed by atoms with Gasteiger partial charge in [-0.3, -0.25) is 4.99 Å². The van der Waals surface area contributed by atoms with E-state index in [1.807, 2.05) is 6.20 Å². The van der Waals surface area contributed by atoms with E-state index in [4.69, 9.17) is 9.72 Å². The topological polar surface area (TPSA) is 91.3 Å². The number of fused-ring (bicyclic) bond motifs is 2. The van der Waals surface area contributed by atoms with E-state index in [0.29, 0.717) is 36.6 Å². The largest absolute Gasteiger partial charge is 0.378 e. The number of aromatic amines is 1. The minimum atomic E-state index is 0.116. The summed E-state index contributed by atoms with van der Waals surface area (Å²) < 4.78 is 5.51. The van der Waals surface area contributed by atoms with Gasteiger partial charge in [0.2, 0.25) is 5.95 Å². The van der Waals surface area contributed by atoms with Gasteiger partial charge in [0, 0.05) is 42.9 Å². The lowest BCUT2D eigenvalue weighted by Gasteiger charge is -2.33. The van der Waals surface area contributed by atoms with Crippen molar-refractivity contribution >= 4 is 28.6 Å². The van der Waals surface area contributed by atoms with Gasteiger partial charge < -0.3 is 19.9 Å². The van der Waals surface area contributed by atoms with Crippen molar-refractivity contribution in [2.45, 2.75) is 18.4 Å². The van der Waals surface area contributed by atoms with Crippen molar-refractivity contribution in [3.05, 3.63) is 66.7 Å². The second-order valence-electron chi connectivity index (χ2n) is 8.36. The molecule has 0 saturated carbocycles. The van der Waals surface area contributed by atoms with Crippen molar-refractivity contribution in [1.29, 1.82) is 0 Å². The van der Waals surface area contributed by atoms with Crippen LogP contribution in [0.4, 0.5) is 11.8 Å². The van der Waals surface area contributed by atoms with E-state index in [2.05, 4.69) is 78.7 Å². The number of anilines is 2. The molecule has 3 aromatic rings. The number of aliphatic imine (C=N–C) groups is 1. The van der Waals surface area contributed by atoms with E-state index in [1.54, 1.807) is 6.33 Å². The van der Waals surface area contributed by atoms with E-state index in [1.165, 1.54) is 5.56 Å². The van der Waals surface area contributed by atoms with Crippen molar-refractivity contribution < 1.29 is 4.74 Å². The second kappa shape index (κ2) is 8.20. The summed E-state index contributed by atoms with van der Waals surface area (Å²) in [6.07, 6.45) is 11.1.